The van der Waals surface area contributed by atoms with E-state index < -0.39 is 10.0 Å². The third kappa shape index (κ3) is 2.87. The molecule has 0 saturated carbocycles. The predicted molar refractivity (Wildman–Crippen MR) is 85.8 cm³/mol. The van der Waals surface area contributed by atoms with E-state index in [1.54, 1.807) is 16.6 Å². The van der Waals surface area contributed by atoms with Crippen molar-refractivity contribution in [3.63, 3.8) is 0 Å². The number of hydrogen-bond donors (Lipinski definition) is 1. The highest BCUT2D eigenvalue weighted by atomic mass is 35.5. The monoisotopic (exact) mass is 356 g/mol. The van der Waals surface area contributed by atoms with Gasteiger partial charge < -0.3 is 0 Å². The third-order valence-corrected chi connectivity index (χ3v) is 5.59. The summed E-state index contributed by atoms with van der Waals surface area (Å²) in [5.41, 5.74) is 1.48. The molecule has 3 aromatic rings. The van der Waals surface area contributed by atoms with Gasteiger partial charge in [-0.2, -0.15) is 5.10 Å². The molecule has 6 nitrogen and oxygen atoms in total. The molecule has 2 aromatic heterocycles. The fourth-order valence-electron chi connectivity index (χ4n) is 2.07. The Bertz CT molecular complexity index is 946. The Morgan fingerprint density at radius 2 is 2.14 bits per heavy atom. The van der Waals surface area contributed by atoms with Crippen molar-refractivity contribution in [1.82, 2.24) is 19.3 Å². The molecule has 1 N–H and O–H groups in total. The Hall–Kier alpha value is -1.48. The van der Waals surface area contributed by atoms with E-state index in [9.17, 15) is 8.42 Å². The number of nitrogens with one attached hydrogen (secondary N) is 1. The van der Waals surface area contributed by atoms with Crippen molar-refractivity contribution in [2.75, 3.05) is 0 Å². The number of aryl methyl sites for hydroxylation is 2. The highest BCUT2D eigenvalue weighted by molar-refractivity contribution is 7.89. The number of rotatable bonds is 4. The van der Waals surface area contributed by atoms with Gasteiger partial charge in [-0.15, -0.1) is 0 Å². The molecule has 0 amide bonds. The molecular weight excluding hydrogens is 344 g/mol. The fourth-order valence-corrected chi connectivity index (χ4v) is 4.17. The van der Waals surface area contributed by atoms with Gasteiger partial charge in [0.2, 0.25) is 15.0 Å². The minimum Gasteiger partial charge on any atom is -0.223 e. The van der Waals surface area contributed by atoms with Crippen molar-refractivity contribution >= 4 is 37.9 Å². The molecule has 0 fully saturated rings. The molecule has 0 bridgehead atoms. The van der Waals surface area contributed by atoms with Gasteiger partial charge in [0, 0.05) is 5.02 Å². The third-order valence-electron chi connectivity index (χ3n) is 3.13. The fraction of sp³-hybridized carbons (Fsp3) is 0.231. The Kier molecular flexibility index (Phi) is 3.94. The topological polar surface area (TPSA) is 76.4 Å². The molecule has 0 spiro atoms. The Labute approximate surface area is 136 Å². The normalized spacial score (nSPS) is 12.1. The summed E-state index contributed by atoms with van der Waals surface area (Å²) >= 11 is 7.31. The number of hydrogen-bond acceptors (Lipinski definition) is 5. The quantitative estimate of drug-likeness (QED) is 0.779. The number of fused-ring (bicyclic) bond motifs is 1. The second-order valence-electron chi connectivity index (χ2n) is 4.74. The van der Waals surface area contributed by atoms with E-state index in [1.807, 2.05) is 13.8 Å². The zero-order chi connectivity index (χ0) is 15.9. The van der Waals surface area contributed by atoms with Gasteiger partial charge in [0.25, 0.3) is 0 Å². The molecule has 1 aromatic carbocycles. The molecule has 116 valence electrons. The molecule has 0 aliphatic rings. The van der Waals surface area contributed by atoms with Gasteiger partial charge in [-0.1, -0.05) is 29.0 Å². The summed E-state index contributed by atoms with van der Waals surface area (Å²) in [5.74, 6) is 0. The van der Waals surface area contributed by atoms with E-state index in [0.29, 0.717) is 5.02 Å². The summed E-state index contributed by atoms with van der Waals surface area (Å²) in [6, 6.07) is 6.14. The lowest BCUT2D eigenvalue weighted by Crippen LogP contribution is -2.24. The van der Waals surface area contributed by atoms with Gasteiger partial charge in [0.1, 0.15) is 5.01 Å². The summed E-state index contributed by atoms with van der Waals surface area (Å²) < 4.78 is 28.9. The summed E-state index contributed by atoms with van der Waals surface area (Å²) in [5, 5.41) is 5.59. The van der Waals surface area contributed by atoms with Crippen LogP contribution in [0.3, 0.4) is 0 Å². The molecule has 2 heterocycles. The van der Waals surface area contributed by atoms with Gasteiger partial charge in [-0.05, 0) is 32.0 Å². The van der Waals surface area contributed by atoms with E-state index >= 15 is 0 Å². The van der Waals surface area contributed by atoms with Crippen LogP contribution in [0.15, 0.2) is 29.2 Å². The molecule has 0 aliphatic heterocycles. The van der Waals surface area contributed by atoms with Gasteiger partial charge in [0.15, 0.2) is 0 Å². The SMILES string of the molecule is Cc1nn2c(CNS(=O)(=O)c3cccc(Cl)c3)c(C)nc2s1. The zero-order valence-electron chi connectivity index (χ0n) is 11.9. The standard InChI is InChI=1S/C13H13ClN4O2S2/c1-8-12(18-13(16-8)21-9(2)17-18)7-15-22(19,20)11-5-3-4-10(14)6-11/h3-6,15H,7H2,1-2H3. The average Bonchev–Trinajstić information content (AvgIpc) is 2.92. The smallest absolute Gasteiger partial charge is 0.223 e. The van der Waals surface area contributed by atoms with Crippen LogP contribution in [0, 0.1) is 13.8 Å². The first-order valence-electron chi connectivity index (χ1n) is 6.44. The first-order chi connectivity index (χ1) is 10.4. The van der Waals surface area contributed by atoms with E-state index in [0.717, 1.165) is 21.4 Å². The summed E-state index contributed by atoms with van der Waals surface area (Å²) in [7, 11) is -3.64. The molecule has 0 unspecified atom stereocenters. The lowest BCUT2D eigenvalue weighted by atomic mass is 10.3. The van der Waals surface area contributed by atoms with Gasteiger partial charge >= 0.3 is 0 Å². The van der Waals surface area contributed by atoms with Crippen LogP contribution >= 0.6 is 22.9 Å². The first kappa shape index (κ1) is 15.4. The summed E-state index contributed by atoms with van der Waals surface area (Å²) in [4.78, 5) is 5.27. The number of halogens is 1. The van der Waals surface area contributed by atoms with Crippen molar-refractivity contribution in [1.29, 1.82) is 0 Å². The van der Waals surface area contributed by atoms with Crippen LogP contribution < -0.4 is 4.72 Å². The predicted octanol–water partition coefficient (Wildman–Crippen LogP) is 2.54. The minimum absolute atomic E-state index is 0.116. The van der Waals surface area contributed by atoms with E-state index in [-0.39, 0.29) is 11.4 Å². The highest BCUT2D eigenvalue weighted by Gasteiger charge is 2.18. The Morgan fingerprint density at radius 3 is 2.86 bits per heavy atom. The first-order valence-corrected chi connectivity index (χ1v) is 9.11. The number of benzene rings is 1. The average molecular weight is 357 g/mol. The van der Waals surface area contributed by atoms with Crippen LogP contribution in [0.2, 0.25) is 5.02 Å². The van der Waals surface area contributed by atoms with Crippen LogP contribution in [0.4, 0.5) is 0 Å². The number of sulfonamides is 1. The highest BCUT2D eigenvalue weighted by Crippen LogP contribution is 2.19. The summed E-state index contributed by atoms with van der Waals surface area (Å²) in [6.07, 6.45) is 0. The second-order valence-corrected chi connectivity index (χ2v) is 8.10. The van der Waals surface area contributed by atoms with Gasteiger partial charge in [0.05, 0.1) is 22.8 Å². The molecule has 0 saturated heterocycles. The second kappa shape index (κ2) is 5.62. The molecular formula is C13H13ClN4O2S2. The maximum absolute atomic E-state index is 12.3. The van der Waals surface area contributed by atoms with E-state index in [2.05, 4.69) is 14.8 Å². The van der Waals surface area contributed by atoms with E-state index in [1.165, 1.54) is 23.5 Å². The molecule has 3 rings (SSSR count). The lowest BCUT2D eigenvalue weighted by molar-refractivity contribution is 0.579. The van der Waals surface area contributed by atoms with Gasteiger partial charge in [-0.3, -0.25) is 0 Å². The van der Waals surface area contributed by atoms with Crippen molar-refractivity contribution < 1.29 is 8.42 Å². The number of aromatic nitrogens is 3. The minimum atomic E-state index is -3.64. The van der Waals surface area contributed by atoms with Crippen molar-refractivity contribution in [3.8, 4) is 0 Å². The van der Waals surface area contributed by atoms with Crippen LogP contribution in [0.25, 0.3) is 4.96 Å². The number of nitrogens with zero attached hydrogens (tertiary/aromatic N) is 3. The molecule has 22 heavy (non-hydrogen) atoms. The molecule has 0 atom stereocenters. The Morgan fingerprint density at radius 1 is 1.36 bits per heavy atom. The van der Waals surface area contributed by atoms with Crippen LogP contribution in [0.5, 0.6) is 0 Å². The zero-order valence-corrected chi connectivity index (χ0v) is 14.3. The molecule has 0 aliphatic carbocycles. The van der Waals surface area contributed by atoms with Crippen molar-refractivity contribution in [3.05, 3.63) is 45.7 Å². The maximum atomic E-state index is 12.3. The van der Waals surface area contributed by atoms with E-state index in [4.69, 9.17) is 11.6 Å². The number of imidazole rings is 1. The van der Waals surface area contributed by atoms with Crippen LogP contribution in [-0.2, 0) is 16.6 Å². The lowest BCUT2D eigenvalue weighted by Gasteiger charge is -2.07. The van der Waals surface area contributed by atoms with Gasteiger partial charge in [-0.25, -0.2) is 22.6 Å². The van der Waals surface area contributed by atoms with Crippen LogP contribution in [-0.4, -0.2) is 23.0 Å². The Balaban J connectivity index is 1.88. The van der Waals surface area contributed by atoms with Crippen LogP contribution in [0.1, 0.15) is 16.4 Å². The maximum Gasteiger partial charge on any atom is 0.240 e. The summed E-state index contributed by atoms with van der Waals surface area (Å²) in [6.45, 7) is 3.83. The van der Waals surface area contributed by atoms with Crippen molar-refractivity contribution in [2.45, 2.75) is 25.3 Å². The van der Waals surface area contributed by atoms with Crippen molar-refractivity contribution in [2.24, 2.45) is 0 Å². The molecule has 9 heteroatoms. The molecule has 0 radical (unpaired) electrons. The largest absolute Gasteiger partial charge is 0.240 e.